The Morgan fingerprint density at radius 3 is 2.94 bits per heavy atom. The molecule has 1 atom stereocenters. The quantitative estimate of drug-likeness (QED) is 0.789. The molecule has 0 bridgehead atoms. The second-order valence-electron chi connectivity index (χ2n) is 4.19. The molecule has 90 valence electrons. The Morgan fingerprint density at radius 1 is 1.22 bits per heavy atom. The topological polar surface area (TPSA) is 95.7 Å². The summed E-state index contributed by atoms with van der Waals surface area (Å²) in [6.45, 7) is 0. The monoisotopic (exact) mass is 241 g/mol. The highest BCUT2D eigenvalue weighted by atomic mass is 16.3. The highest BCUT2D eigenvalue weighted by Crippen LogP contribution is 2.22. The molecule has 0 fully saturated rings. The average Bonchev–Trinajstić information content (AvgIpc) is 2.78. The predicted octanol–water partition coefficient (Wildman–Crippen LogP) is 0.513. The van der Waals surface area contributed by atoms with Gasteiger partial charge in [-0.15, -0.1) is 0 Å². The molecular weight excluding hydrogens is 230 g/mol. The normalized spacial score (nSPS) is 24.7. The number of fused-ring (bicyclic) bond motifs is 1. The van der Waals surface area contributed by atoms with Crippen LogP contribution in [0.4, 0.5) is 0 Å². The molecule has 18 heavy (non-hydrogen) atoms. The average molecular weight is 241 g/mol. The van der Waals surface area contributed by atoms with Gasteiger partial charge < -0.3 is 10.8 Å². The van der Waals surface area contributed by atoms with Crippen molar-refractivity contribution in [1.29, 1.82) is 0 Å². The van der Waals surface area contributed by atoms with Crippen LogP contribution in [0.15, 0.2) is 44.2 Å². The molecule has 2 aliphatic rings. The third-order valence-electron chi connectivity index (χ3n) is 2.84. The summed E-state index contributed by atoms with van der Waals surface area (Å²) in [6.07, 6.45) is 3.26. The third-order valence-corrected chi connectivity index (χ3v) is 2.84. The predicted molar refractivity (Wildman–Crippen MR) is 70.6 cm³/mol. The summed E-state index contributed by atoms with van der Waals surface area (Å²) >= 11 is 0. The van der Waals surface area contributed by atoms with Crippen LogP contribution in [0, 0.1) is 0 Å². The standard InChI is InChI=1S/C12H11N5O/c13-12(5-8-2-1-3-9(18)4-8)10-11(15-6-14-10)16-7-17-12/h1-4,6-7,18H,5,13H2. The van der Waals surface area contributed by atoms with E-state index in [1.807, 2.05) is 6.07 Å². The number of nitrogens with zero attached hydrogens (tertiary/aromatic N) is 4. The Kier molecular flexibility index (Phi) is 2.31. The van der Waals surface area contributed by atoms with E-state index in [-0.39, 0.29) is 5.75 Å². The van der Waals surface area contributed by atoms with Gasteiger partial charge in [0.25, 0.3) is 0 Å². The van der Waals surface area contributed by atoms with Gasteiger partial charge in [-0.05, 0) is 17.7 Å². The molecule has 0 saturated heterocycles. The molecule has 0 radical (unpaired) electrons. The molecule has 0 saturated carbocycles. The van der Waals surface area contributed by atoms with E-state index in [9.17, 15) is 5.11 Å². The van der Waals surface area contributed by atoms with E-state index in [0.29, 0.717) is 18.0 Å². The van der Waals surface area contributed by atoms with Crippen LogP contribution < -0.4 is 5.73 Å². The van der Waals surface area contributed by atoms with Gasteiger partial charge in [0.1, 0.15) is 24.1 Å². The molecule has 3 N–H and O–H groups in total. The maximum Gasteiger partial charge on any atom is 0.180 e. The summed E-state index contributed by atoms with van der Waals surface area (Å²) in [5, 5.41) is 9.46. The zero-order valence-corrected chi connectivity index (χ0v) is 9.48. The van der Waals surface area contributed by atoms with Crippen molar-refractivity contribution in [3.63, 3.8) is 0 Å². The molecule has 3 rings (SSSR count). The van der Waals surface area contributed by atoms with Crippen LogP contribution in [0.3, 0.4) is 0 Å². The van der Waals surface area contributed by atoms with Crippen molar-refractivity contribution in [3.05, 3.63) is 29.8 Å². The van der Waals surface area contributed by atoms with Crippen molar-refractivity contribution in [1.82, 2.24) is 0 Å². The van der Waals surface area contributed by atoms with E-state index >= 15 is 0 Å². The second-order valence-corrected chi connectivity index (χ2v) is 4.19. The summed E-state index contributed by atoms with van der Waals surface area (Å²) in [5.41, 5.74) is 6.73. The molecular formula is C12H11N5O. The van der Waals surface area contributed by atoms with Gasteiger partial charge in [-0.1, -0.05) is 12.1 Å². The molecule has 0 spiro atoms. The maximum atomic E-state index is 9.46. The zero-order valence-electron chi connectivity index (χ0n) is 9.48. The summed E-state index contributed by atoms with van der Waals surface area (Å²) in [6, 6.07) is 6.92. The van der Waals surface area contributed by atoms with Crippen molar-refractivity contribution in [2.75, 3.05) is 0 Å². The summed E-state index contributed by atoms with van der Waals surface area (Å²) in [7, 11) is 0. The Balaban J connectivity index is 1.93. The number of amidine groups is 1. The molecule has 6 heteroatoms. The number of nitrogens with two attached hydrogens (primary N) is 1. The van der Waals surface area contributed by atoms with Crippen LogP contribution >= 0.6 is 0 Å². The zero-order chi connectivity index (χ0) is 12.6. The number of hydrogen-bond acceptors (Lipinski definition) is 6. The molecule has 2 heterocycles. The molecule has 1 aromatic rings. The van der Waals surface area contributed by atoms with Gasteiger partial charge in [0.2, 0.25) is 0 Å². The van der Waals surface area contributed by atoms with Crippen LogP contribution in [0.5, 0.6) is 5.75 Å². The van der Waals surface area contributed by atoms with Gasteiger partial charge in [0, 0.05) is 6.42 Å². The van der Waals surface area contributed by atoms with Gasteiger partial charge in [-0.3, -0.25) is 0 Å². The van der Waals surface area contributed by atoms with E-state index in [0.717, 1.165) is 5.56 Å². The minimum Gasteiger partial charge on any atom is -0.508 e. The fourth-order valence-electron chi connectivity index (χ4n) is 2.01. The molecule has 0 aliphatic carbocycles. The Labute approximate surface area is 103 Å². The van der Waals surface area contributed by atoms with Gasteiger partial charge in [-0.25, -0.2) is 20.0 Å². The van der Waals surface area contributed by atoms with Crippen LogP contribution in [-0.4, -0.2) is 35.0 Å². The van der Waals surface area contributed by atoms with Crippen molar-refractivity contribution in [3.8, 4) is 5.75 Å². The Bertz CT molecular complexity index is 617. The fourth-order valence-corrected chi connectivity index (χ4v) is 2.01. The molecule has 1 unspecified atom stereocenters. The van der Waals surface area contributed by atoms with Crippen LogP contribution in [0.2, 0.25) is 0 Å². The fraction of sp³-hybridized carbons (Fsp3) is 0.167. The first-order valence-electron chi connectivity index (χ1n) is 5.47. The Hall–Kier alpha value is -2.34. The lowest BCUT2D eigenvalue weighted by atomic mass is 9.94. The van der Waals surface area contributed by atoms with Crippen LogP contribution in [0.1, 0.15) is 5.56 Å². The highest BCUT2D eigenvalue weighted by Gasteiger charge is 2.37. The SMILES string of the molecule is NC1(Cc2cccc(O)c2)N=CN=C2N=CN=C21. The van der Waals surface area contributed by atoms with E-state index in [1.54, 1.807) is 18.2 Å². The van der Waals surface area contributed by atoms with Crippen LogP contribution in [0.25, 0.3) is 0 Å². The Morgan fingerprint density at radius 2 is 2.11 bits per heavy atom. The first-order valence-corrected chi connectivity index (χ1v) is 5.47. The summed E-state index contributed by atoms with van der Waals surface area (Å²) < 4.78 is 0. The maximum absolute atomic E-state index is 9.46. The van der Waals surface area contributed by atoms with Gasteiger partial charge in [0.05, 0.1) is 0 Å². The molecule has 2 aliphatic heterocycles. The number of aromatic hydroxyl groups is 1. The van der Waals surface area contributed by atoms with E-state index in [1.165, 1.54) is 12.7 Å². The van der Waals surface area contributed by atoms with E-state index in [2.05, 4.69) is 20.0 Å². The number of aliphatic imine (C=N–C) groups is 4. The largest absolute Gasteiger partial charge is 0.508 e. The van der Waals surface area contributed by atoms with Crippen molar-refractivity contribution in [2.45, 2.75) is 12.1 Å². The van der Waals surface area contributed by atoms with E-state index in [4.69, 9.17) is 5.73 Å². The lowest BCUT2D eigenvalue weighted by Gasteiger charge is -2.26. The highest BCUT2D eigenvalue weighted by molar-refractivity contribution is 6.50. The van der Waals surface area contributed by atoms with E-state index < -0.39 is 5.66 Å². The summed E-state index contributed by atoms with van der Waals surface area (Å²) in [4.78, 5) is 16.4. The lowest BCUT2D eigenvalue weighted by Crippen LogP contribution is -2.52. The summed E-state index contributed by atoms with van der Waals surface area (Å²) in [5.74, 6) is 0.710. The molecule has 0 amide bonds. The first-order chi connectivity index (χ1) is 8.67. The molecule has 6 nitrogen and oxygen atoms in total. The van der Waals surface area contributed by atoms with Crippen molar-refractivity contribution in [2.24, 2.45) is 25.7 Å². The van der Waals surface area contributed by atoms with Gasteiger partial charge in [-0.2, -0.15) is 0 Å². The number of phenolic OH excluding ortho intramolecular Hbond substituents is 1. The number of rotatable bonds is 2. The first kappa shape index (κ1) is 10.8. The van der Waals surface area contributed by atoms with Crippen molar-refractivity contribution >= 4 is 24.2 Å². The molecule has 1 aromatic carbocycles. The second kappa shape index (κ2) is 3.85. The molecule has 0 aromatic heterocycles. The lowest BCUT2D eigenvalue weighted by molar-refractivity contribution is 0.473. The van der Waals surface area contributed by atoms with Crippen molar-refractivity contribution < 1.29 is 5.11 Å². The van der Waals surface area contributed by atoms with Crippen LogP contribution in [-0.2, 0) is 6.42 Å². The van der Waals surface area contributed by atoms with Gasteiger partial charge in [0.15, 0.2) is 11.5 Å². The van der Waals surface area contributed by atoms with Gasteiger partial charge >= 0.3 is 0 Å². The number of hydrogen-bond donors (Lipinski definition) is 2. The number of phenols is 1. The third kappa shape index (κ3) is 1.72. The smallest absolute Gasteiger partial charge is 0.180 e. The number of benzene rings is 1. The minimum absolute atomic E-state index is 0.203. The minimum atomic E-state index is -0.971.